The number of fused-ring (bicyclic) bond motifs is 1. The van der Waals surface area contributed by atoms with Gasteiger partial charge in [0.1, 0.15) is 6.04 Å². The number of carbonyl (C=O) groups excluding carboxylic acids is 1. The predicted molar refractivity (Wildman–Crippen MR) is 73.6 cm³/mol. The minimum atomic E-state index is -0.992. The van der Waals surface area contributed by atoms with E-state index >= 15 is 0 Å². The third kappa shape index (κ3) is 2.80. The highest BCUT2D eigenvalue weighted by Gasteiger charge is 2.17. The van der Waals surface area contributed by atoms with Crippen LogP contribution in [-0.4, -0.2) is 34.7 Å². The second kappa shape index (κ2) is 5.75. The molecule has 0 radical (unpaired) electrons. The average Bonchev–Trinajstić information content (AvgIpc) is 2.81. The Morgan fingerprint density at radius 2 is 2.20 bits per heavy atom. The Kier molecular flexibility index (Phi) is 4.05. The van der Waals surface area contributed by atoms with Gasteiger partial charge in [0, 0.05) is 23.5 Å². The van der Waals surface area contributed by atoms with E-state index in [-0.39, 0.29) is 12.2 Å². The second-order valence-electron chi connectivity index (χ2n) is 4.44. The van der Waals surface area contributed by atoms with Crippen LogP contribution in [-0.2, 0) is 16.0 Å². The zero-order valence-electron chi connectivity index (χ0n) is 11.1. The minimum absolute atomic E-state index is 0.197. The Balaban J connectivity index is 2.28. The van der Waals surface area contributed by atoms with E-state index in [1.165, 1.54) is 6.07 Å². The van der Waals surface area contributed by atoms with Gasteiger partial charge < -0.3 is 20.6 Å². The number of H-pyrrole nitrogens is 1. The van der Waals surface area contributed by atoms with Crippen LogP contribution in [0.4, 0.5) is 0 Å². The van der Waals surface area contributed by atoms with E-state index in [1.54, 1.807) is 25.3 Å². The molecule has 0 fully saturated rings. The molecule has 106 valence electrons. The van der Waals surface area contributed by atoms with Crippen molar-refractivity contribution in [3.05, 3.63) is 35.5 Å². The molecule has 1 heterocycles. The number of ether oxygens (including phenoxy) is 1. The maximum atomic E-state index is 11.5. The topological polar surface area (TPSA) is 105 Å². The monoisotopic (exact) mass is 276 g/mol. The van der Waals surface area contributed by atoms with E-state index in [2.05, 4.69) is 4.98 Å². The van der Waals surface area contributed by atoms with Gasteiger partial charge in [0.15, 0.2) is 0 Å². The van der Waals surface area contributed by atoms with Crippen LogP contribution < -0.4 is 5.73 Å². The highest BCUT2D eigenvalue weighted by atomic mass is 16.5. The van der Waals surface area contributed by atoms with Crippen molar-refractivity contribution in [1.29, 1.82) is 0 Å². The zero-order valence-corrected chi connectivity index (χ0v) is 11.1. The molecule has 0 saturated carbocycles. The van der Waals surface area contributed by atoms with Crippen LogP contribution in [0.2, 0.25) is 0 Å². The number of benzene rings is 1. The molecule has 6 heteroatoms. The van der Waals surface area contributed by atoms with Gasteiger partial charge in [-0.1, -0.05) is 0 Å². The molecule has 0 spiro atoms. The second-order valence-corrected chi connectivity index (χ2v) is 4.44. The molecule has 0 aliphatic rings. The number of aromatic carboxylic acids is 1. The van der Waals surface area contributed by atoms with Crippen molar-refractivity contribution in [3.8, 4) is 0 Å². The van der Waals surface area contributed by atoms with E-state index in [0.717, 1.165) is 16.5 Å². The third-order valence-corrected chi connectivity index (χ3v) is 3.04. The first kappa shape index (κ1) is 14.1. The van der Waals surface area contributed by atoms with E-state index < -0.39 is 18.0 Å². The summed E-state index contributed by atoms with van der Waals surface area (Å²) in [6.45, 7) is 2.00. The molecular weight excluding hydrogens is 260 g/mol. The van der Waals surface area contributed by atoms with Gasteiger partial charge in [-0.3, -0.25) is 4.79 Å². The highest BCUT2D eigenvalue weighted by Crippen LogP contribution is 2.21. The molecule has 1 aromatic heterocycles. The molecule has 0 aliphatic heterocycles. The van der Waals surface area contributed by atoms with Crippen LogP contribution in [0.15, 0.2) is 24.4 Å². The number of carboxylic acids is 1. The van der Waals surface area contributed by atoms with Crippen molar-refractivity contribution in [2.45, 2.75) is 19.4 Å². The summed E-state index contributed by atoms with van der Waals surface area (Å²) in [6.07, 6.45) is 2.03. The number of nitrogens with one attached hydrogen (secondary N) is 1. The number of carbonyl (C=O) groups is 2. The van der Waals surface area contributed by atoms with E-state index in [9.17, 15) is 9.59 Å². The lowest BCUT2D eigenvalue weighted by molar-refractivity contribution is -0.144. The van der Waals surface area contributed by atoms with Crippen molar-refractivity contribution < 1.29 is 19.4 Å². The Bertz CT molecular complexity index is 648. The predicted octanol–water partition coefficient (Wildman–Crippen LogP) is 1.30. The van der Waals surface area contributed by atoms with E-state index in [0.29, 0.717) is 6.42 Å². The summed E-state index contributed by atoms with van der Waals surface area (Å²) >= 11 is 0. The van der Waals surface area contributed by atoms with Crippen LogP contribution >= 0.6 is 0 Å². The lowest BCUT2D eigenvalue weighted by atomic mass is 10.0. The number of aromatic nitrogens is 1. The van der Waals surface area contributed by atoms with Crippen LogP contribution in [0.25, 0.3) is 10.9 Å². The lowest BCUT2D eigenvalue weighted by Crippen LogP contribution is -2.34. The molecule has 0 amide bonds. The van der Waals surface area contributed by atoms with E-state index in [4.69, 9.17) is 15.6 Å². The van der Waals surface area contributed by atoms with E-state index in [1.807, 2.05) is 0 Å². The smallest absolute Gasteiger partial charge is 0.335 e. The minimum Gasteiger partial charge on any atom is -0.478 e. The number of nitrogens with two attached hydrogens (primary N) is 1. The number of hydrogen-bond donors (Lipinski definition) is 3. The maximum Gasteiger partial charge on any atom is 0.335 e. The summed E-state index contributed by atoms with van der Waals surface area (Å²) in [4.78, 5) is 25.5. The first-order valence-corrected chi connectivity index (χ1v) is 6.28. The normalized spacial score (nSPS) is 12.3. The summed E-state index contributed by atoms with van der Waals surface area (Å²) in [7, 11) is 0. The molecule has 4 N–H and O–H groups in total. The summed E-state index contributed by atoms with van der Waals surface area (Å²) in [5.74, 6) is -1.45. The number of aromatic amines is 1. The fraction of sp³-hybridized carbons (Fsp3) is 0.286. The third-order valence-electron chi connectivity index (χ3n) is 3.04. The van der Waals surface area contributed by atoms with Crippen molar-refractivity contribution in [2.24, 2.45) is 5.73 Å². The molecule has 1 aromatic carbocycles. The van der Waals surface area contributed by atoms with Crippen LogP contribution in [0, 0.1) is 0 Å². The molecule has 0 aliphatic carbocycles. The van der Waals surface area contributed by atoms with Gasteiger partial charge in [-0.05, 0) is 30.7 Å². The largest absolute Gasteiger partial charge is 0.478 e. The number of carboxylic acid groups (broad SMARTS) is 1. The first-order chi connectivity index (χ1) is 9.52. The molecule has 2 aromatic rings. The Morgan fingerprint density at radius 3 is 2.85 bits per heavy atom. The van der Waals surface area contributed by atoms with Gasteiger partial charge in [0.05, 0.1) is 12.2 Å². The zero-order chi connectivity index (χ0) is 14.7. The van der Waals surface area contributed by atoms with Gasteiger partial charge in [-0.2, -0.15) is 0 Å². The summed E-state index contributed by atoms with van der Waals surface area (Å²) in [5, 5.41) is 9.76. The Hall–Kier alpha value is -2.34. The standard InChI is InChI=1S/C14H16N2O4/c1-2-20-14(19)11(15)6-9-7-16-12-4-3-8(13(17)18)5-10(9)12/h3-5,7,11,16H,2,6,15H2,1H3,(H,17,18). The van der Waals surface area contributed by atoms with Crippen molar-refractivity contribution >= 4 is 22.8 Å². The fourth-order valence-electron chi connectivity index (χ4n) is 2.05. The van der Waals surface area contributed by atoms with Crippen LogP contribution in [0.1, 0.15) is 22.8 Å². The van der Waals surface area contributed by atoms with Crippen molar-refractivity contribution in [3.63, 3.8) is 0 Å². The Morgan fingerprint density at radius 1 is 1.45 bits per heavy atom. The lowest BCUT2D eigenvalue weighted by Gasteiger charge is -2.09. The molecule has 1 atom stereocenters. The van der Waals surface area contributed by atoms with Gasteiger partial charge in [0.25, 0.3) is 0 Å². The molecule has 2 rings (SSSR count). The fourth-order valence-corrected chi connectivity index (χ4v) is 2.05. The van der Waals surface area contributed by atoms with Crippen molar-refractivity contribution in [2.75, 3.05) is 6.61 Å². The molecule has 1 unspecified atom stereocenters. The highest BCUT2D eigenvalue weighted by molar-refractivity contribution is 5.94. The average molecular weight is 276 g/mol. The van der Waals surface area contributed by atoms with Crippen molar-refractivity contribution in [1.82, 2.24) is 4.98 Å². The number of esters is 1. The van der Waals surface area contributed by atoms with Crippen LogP contribution in [0.5, 0.6) is 0 Å². The summed E-state index contributed by atoms with van der Waals surface area (Å²) in [5.41, 5.74) is 7.58. The van der Waals surface area contributed by atoms with Gasteiger partial charge >= 0.3 is 11.9 Å². The summed E-state index contributed by atoms with van der Waals surface area (Å²) < 4.78 is 4.86. The number of rotatable bonds is 5. The SMILES string of the molecule is CCOC(=O)C(N)Cc1c[nH]c2ccc(C(=O)O)cc12. The Labute approximate surface area is 115 Å². The van der Waals surface area contributed by atoms with Crippen LogP contribution in [0.3, 0.4) is 0 Å². The molecule has 0 saturated heterocycles. The van der Waals surface area contributed by atoms with Gasteiger partial charge in [-0.25, -0.2) is 4.79 Å². The number of hydrogen-bond acceptors (Lipinski definition) is 4. The van der Waals surface area contributed by atoms with Gasteiger partial charge in [-0.15, -0.1) is 0 Å². The molecular formula is C14H16N2O4. The van der Waals surface area contributed by atoms with Gasteiger partial charge in [0.2, 0.25) is 0 Å². The first-order valence-electron chi connectivity index (χ1n) is 6.28. The molecule has 6 nitrogen and oxygen atoms in total. The molecule has 20 heavy (non-hydrogen) atoms. The quantitative estimate of drug-likeness (QED) is 0.714. The molecule has 0 bridgehead atoms. The maximum absolute atomic E-state index is 11.5. The summed E-state index contributed by atoms with van der Waals surface area (Å²) in [6, 6.07) is 4.03.